The second-order valence-corrected chi connectivity index (χ2v) is 5.95. The third kappa shape index (κ3) is 3.68. The highest BCUT2D eigenvalue weighted by Crippen LogP contribution is 2.32. The van der Waals surface area contributed by atoms with Gasteiger partial charge in [-0.05, 0) is 18.2 Å². The fourth-order valence-electron chi connectivity index (χ4n) is 2.99. The Morgan fingerprint density at radius 3 is 2.22 bits per heavy atom. The van der Waals surface area contributed by atoms with Crippen molar-refractivity contribution in [3.05, 3.63) is 74.1 Å². The zero-order valence-corrected chi connectivity index (χ0v) is 14.1. The van der Waals surface area contributed by atoms with Crippen molar-refractivity contribution in [2.75, 3.05) is 31.1 Å². The maximum atomic E-state index is 13.8. The minimum absolute atomic E-state index is 0.0210. The van der Waals surface area contributed by atoms with E-state index in [1.54, 1.807) is 11.0 Å². The number of benzene rings is 2. The Morgan fingerprint density at radius 1 is 0.963 bits per heavy atom. The predicted octanol–water partition coefficient (Wildman–Crippen LogP) is 2.60. The van der Waals surface area contributed by atoms with E-state index >= 15 is 0 Å². The second-order valence-electron chi connectivity index (χ2n) is 5.95. The van der Waals surface area contributed by atoms with Gasteiger partial charge in [-0.25, -0.2) is 4.39 Å². The number of rotatable bonds is 4. The summed E-state index contributed by atoms with van der Waals surface area (Å²) < 4.78 is 13.8. The first-order valence-corrected chi connectivity index (χ1v) is 8.10. The molecule has 1 aliphatic heterocycles. The van der Waals surface area contributed by atoms with Crippen molar-refractivity contribution in [2.45, 2.75) is 0 Å². The normalized spacial score (nSPS) is 14.1. The molecule has 1 heterocycles. The van der Waals surface area contributed by atoms with Crippen molar-refractivity contribution in [3.63, 3.8) is 0 Å². The Bertz CT molecular complexity index is 912. The zero-order valence-electron chi connectivity index (χ0n) is 14.1. The Balaban J connectivity index is 1.76. The molecule has 1 aliphatic rings. The molecule has 2 aromatic rings. The molecular weight excluding hydrogens is 359 g/mol. The van der Waals surface area contributed by atoms with Crippen LogP contribution in [0, 0.1) is 26.0 Å². The van der Waals surface area contributed by atoms with E-state index < -0.39 is 21.6 Å². The number of piperazine rings is 1. The van der Waals surface area contributed by atoms with E-state index in [0.29, 0.717) is 13.1 Å². The molecule has 0 saturated carbocycles. The van der Waals surface area contributed by atoms with Crippen LogP contribution in [-0.2, 0) is 0 Å². The standard InChI is InChI=1S/C17H15FN4O5/c18-14-4-2-1-3-13(14)17(23)20-9-7-19(8-10-20)15-6-5-12(21(24)25)11-16(15)22(26)27/h1-6,11H,7-10H2. The highest BCUT2D eigenvalue weighted by atomic mass is 19.1. The molecule has 0 N–H and O–H groups in total. The van der Waals surface area contributed by atoms with Gasteiger partial charge in [-0.1, -0.05) is 12.1 Å². The second kappa shape index (κ2) is 7.36. The molecule has 27 heavy (non-hydrogen) atoms. The molecular formula is C17H15FN4O5. The number of halogens is 1. The van der Waals surface area contributed by atoms with E-state index in [0.717, 1.165) is 6.07 Å². The van der Waals surface area contributed by atoms with E-state index in [1.807, 2.05) is 0 Å². The lowest BCUT2D eigenvalue weighted by Crippen LogP contribution is -2.49. The van der Waals surface area contributed by atoms with Crippen molar-refractivity contribution in [1.82, 2.24) is 4.90 Å². The first-order valence-electron chi connectivity index (χ1n) is 8.10. The molecule has 1 amide bonds. The molecule has 0 bridgehead atoms. The topological polar surface area (TPSA) is 110 Å². The van der Waals surface area contributed by atoms with Crippen LogP contribution < -0.4 is 4.90 Å². The minimum Gasteiger partial charge on any atom is -0.362 e. The van der Waals surface area contributed by atoms with Gasteiger partial charge in [-0.15, -0.1) is 0 Å². The van der Waals surface area contributed by atoms with Gasteiger partial charge in [-0.2, -0.15) is 0 Å². The van der Waals surface area contributed by atoms with Gasteiger partial charge in [0.15, 0.2) is 0 Å². The van der Waals surface area contributed by atoms with Crippen LogP contribution in [-0.4, -0.2) is 46.8 Å². The molecule has 3 rings (SSSR count). The summed E-state index contributed by atoms with van der Waals surface area (Å²) in [5.74, 6) is -1.04. The van der Waals surface area contributed by atoms with Crippen LogP contribution in [0.1, 0.15) is 10.4 Å². The third-order valence-electron chi connectivity index (χ3n) is 4.38. The highest BCUT2D eigenvalue weighted by molar-refractivity contribution is 5.94. The summed E-state index contributed by atoms with van der Waals surface area (Å²) in [5.41, 5.74) is -0.493. The van der Waals surface area contributed by atoms with Crippen LogP contribution >= 0.6 is 0 Å². The number of carbonyl (C=O) groups is 1. The maximum absolute atomic E-state index is 13.8. The predicted molar refractivity (Wildman–Crippen MR) is 94.3 cm³/mol. The largest absolute Gasteiger partial charge is 0.362 e. The maximum Gasteiger partial charge on any atom is 0.299 e. The number of hydrogen-bond donors (Lipinski definition) is 0. The molecule has 0 aromatic heterocycles. The lowest BCUT2D eigenvalue weighted by molar-refractivity contribution is -0.393. The fraction of sp³-hybridized carbons (Fsp3) is 0.235. The van der Waals surface area contributed by atoms with Crippen molar-refractivity contribution >= 4 is 23.0 Å². The lowest BCUT2D eigenvalue weighted by atomic mass is 10.1. The third-order valence-corrected chi connectivity index (χ3v) is 4.38. The molecule has 9 nitrogen and oxygen atoms in total. The molecule has 0 unspecified atom stereocenters. The molecule has 1 saturated heterocycles. The van der Waals surface area contributed by atoms with Gasteiger partial charge < -0.3 is 9.80 Å². The van der Waals surface area contributed by atoms with Crippen LogP contribution in [0.3, 0.4) is 0 Å². The van der Waals surface area contributed by atoms with Gasteiger partial charge >= 0.3 is 0 Å². The minimum atomic E-state index is -0.693. The summed E-state index contributed by atoms with van der Waals surface area (Å²) in [5, 5.41) is 22.1. The molecule has 0 aliphatic carbocycles. The Kier molecular flexibility index (Phi) is 4.97. The fourth-order valence-corrected chi connectivity index (χ4v) is 2.99. The Labute approximate surface area is 152 Å². The van der Waals surface area contributed by atoms with Crippen LogP contribution in [0.4, 0.5) is 21.5 Å². The quantitative estimate of drug-likeness (QED) is 0.601. The van der Waals surface area contributed by atoms with Gasteiger partial charge in [0.1, 0.15) is 11.5 Å². The van der Waals surface area contributed by atoms with Crippen LogP contribution in [0.5, 0.6) is 0 Å². The van der Waals surface area contributed by atoms with Crippen LogP contribution in [0.2, 0.25) is 0 Å². The van der Waals surface area contributed by atoms with Crippen molar-refractivity contribution < 1.29 is 19.0 Å². The molecule has 140 valence electrons. The summed E-state index contributed by atoms with van der Waals surface area (Å²) in [7, 11) is 0. The number of nitro benzene ring substituents is 2. The molecule has 2 aromatic carbocycles. The highest BCUT2D eigenvalue weighted by Gasteiger charge is 2.28. The molecule has 0 radical (unpaired) electrons. The molecule has 10 heteroatoms. The summed E-state index contributed by atoms with van der Waals surface area (Å²) in [6.45, 7) is 1.08. The molecule has 1 fully saturated rings. The van der Waals surface area contributed by atoms with Crippen molar-refractivity contribution in [2.24, 2.45) is 0 Å². The zero-order chi connectivity index (χ0) is 19.6. The SMILES string of the molecule is O=C(c1ccccc1F)N1CCN(c2ccc([N+](=O)[O-])cc2[N+](=O)[O-])CC1. The van der Waals surface area contributed by atoms with Gasteiger partial charge in [-0.3, -0.25) is 25.0 Å². The van der Waals surface area contributed by atoms with E-state index in [9.17, 15) is 29.4 Å². The van der Waals surface area contributed by atoms with E-state index in [2.05, 4.69) is 0 Å². The average molecular weight is 374 g/mol. The number of carbonyl (C=O) groups excluding carboxylic acids is 1. The smallest absolute Gasteiger partial charge is 0.299 e. The molecule has 0 spiro atoms. The van der Waals surface area contributed by atoms with Gasteiger partial charge in [0.25, 0.3) is 17.3 Å². The Hall–Kier alpha value is -3.56. The van der Waals surface area contributed by atoms with Crippen LogP contribution in [0.25, 0.3) is 0 Å². The number of nitro groups is 2. The number of non-ortho nitro benzene ring substituents is 1. The average Bonchev–Trinajstić information content (AvgIpc) is 2.67. The van der Waals surface area contributed by atoms with Gasteiger partial charge in [0.05, 0.1) is 21.5 Å². The summed E-state index contributed by atoms with van der Waals surface area (Å²) in [6.07, 6.45) is 0. The molecule has 0 atom stereocenters. The van der Waals surface area contributed by atoms with E-state index in [4.69, 9.17) is 0 Å². The number of amides is 1. The number of hydrogen-bond acceptors (Lipinski definition) is 6. The summed E-state index contributed by atoms with van der Waals surface area (Å²) in [6, 6.07) is 9.16. The summed E-state index contributed by atoms with van der Waals surface area (Å²) >= 11 is 0. The first kappa shape index (κ1) is 18.2. The van der Waals surface area contributed by atoms with Crippen molar-refractivity contribution in [3.8, 4) is 0 Å². The van der Waals surface area contributed by atoms with Crippen molar-refractivity contribution in [1.29, 1.82) is 0 Å². The van der Waals surface area contributed by atoms with E-state index in [-0.39, 0.29) is 35.7 Å². The number of nitrogens with zero attached hydrogens (tertiary/aromatic N) is 4. The van der Waals surface area contributed by atoms with Gasteiger partial charge in [0.2, 0.25) is 0 Å². The van der Waals surface area contributed by atoms with Gasteiger partial charge in [0, 0.05) is 32.2 Å². The lowest BCUT2D eigenvalue weighted by Gasteiger charge is -2.35. The van der Waals surface area contributed by atoms with Crippen LogP contribution in [0.15, 0.2) is 42.5 Å². The summed E-state index contributed by atoms with van der Waals surface area (Å²) in [4.78, 5) is 36.4. The first-order chi connectivity index (χ1) is 12.9. The monoisotopic (exact) mass is 374 g/mol. The Morgan fingerprint density at radius 2 is 1.63 bits per heavy atom. The number of anilines is 1. The van der Waals surface area contributed by atoms with E-state index in [1.165, 1.54) is 35.2 Å².